The van der Waals surface area contributed by atoms with Crippen molar-refractivity contribution in [1.82, 2.24) is 9.55 Å². The molecule has 0 fully saturated rings. The maximum absolute atomic E-state index is 6.02. The van der Waals surface area contributed by atoms with Crippen LogP contribution in [0.2, 0.25) is 0 Å². The summed E-state index contributed by atoms with van der Waals surface area (Å²) in [4.78, 5) is 4.52. The molecule has 0 saturated carbocycles. The van der Waals surface area contributed by atoms with Crippen LogP contribution >= 0.6 is 0 Å². The average molecular weight is 259 g/mol. The number of methoxy groups -OCH3 is 1. The highest BCUT2D eigenvalue weighted by Gasteiger charge is 2.06. The fraction of sp³-hybridized carbons (Fsp3) is 0.400. The van der Waals surface area contributed by atoms with Crippen molar-refractivity contribution in [3.8, 4) is 5.75 Å². The van der Waals surface area contributed by atoms with Gasteiger partial charge in [-0.05, 0) is 25.0 Å². The quantitative estimate of drug-likeness (QED) is 0.898. The summed E-state index contributed by atoms with van der Waals surface area (Å²) in [5.41, 5.74) is 9.15. The number of aryl methyl sites for hydroxylation is 1. The zero-order valence-corrected chi connectivity index (χ0v) is 11.8. The predicted molar refractivity (Wildman–Crippen MR) is 76.3 cm³/mol. The Hall–Kier alpha value is -1.81. The number of nitrogens with two attached hydrogens (primary N) is 1. The van der Waals surface area contributed by atoms with Gasteiger partial charge in [0, 0.05) is 36.3 Å². The fourth-order valence-corrected chi connectivity index (χ4v) is 2.10. The van der Waals surface area contributed by atoms with Gasteiger partial charge >= 0.3 is 0 Å². The second-order valence-electron chi connectivity index (χ2n) is 4.77. The van der Waals surface area contributed by atoms with Gasteiger partial charge in [0.05, 0.1) is 19.3 Å². The van der Waals surface area contributed by atoms with Crippen LogP contribution in [-0.2, 0) is 6.54 Å². The second kappa shape index (κ2) is 5.89. The van der Waals surface area contributed by atoms with Crippen LogP contribution in [-0.4, -0.2) is 16.7 Å². The molecule has 2 aromatic heterocycles. The number of hydrogen-bond acceptors (Lipinski definition) is 3. The van der Waals surface area contributed by atoms with E-state index in [2.05, 4.69) is 28.7 Å². The number of nitrogens with zero attached hydrogens (tertiary/aromatic N) is 2. The molecule has 0 saturated heterocycles. The first-order valence-corrected chi connectivity index (χ1v) is 6.55. The van der Waals surface area contributed by atoms with E-state index in [0.29, 0.717) is 0 Å². The van der Waals surface area contributed by atoms with Crippen LogP contribution in [0, 0.1) is 6.92 Å². The van der Waals surface area contributed by atoms with E-state index in [1.165, 1.54) is 5.56 Å². The third-order valence-corrected chi connectivity index (χ3v) is 3.20. The van der Waals surface area contributed by atoms with Gasteiger partial charge in [-0.1, -0.05) is 6.92 Å². The molecule has 0 aromatic carbocycles. The molecule has 4 nitrogen and oxygen atoms in total. The highest BCUT2D eigenvalue weighted by atomic mass is 16.5. The summed E-state index contributed by atoms with van der Waals surface area (Å²) in [5.74, 6) is 0.847. The summed E-state index contributed by atoms with van der Waals surface area (Å²) in [5, 5.41) is 0. The molecule has 19 heavy (non-hydrogen) atoms. The predicted octanol–water partition coefficient (Wildman–Crippen LogP) is 2.66. The molecule has 2 heterocycles. The highest BCUT2D eigenvalue weighted by molar-refractivity contribution is 5.27. The van der Waals surface area contributed by atoms with Crippen molar-refractivity contribution in [2.45, 2.75) is 32.9 Å². The number of aromatic nitrogens is 2. The Morgan fingerprint density at radius 1 is 1.42 bits per heavy atom. The van der Waals surface area contributed by atoms with Gasteiger partial charge < -0.3 is 15.0 Å². The van der Waals surface area contributed by atoms with Gasteiger partial charge in [0.15, 0.2) is 0 Å². The molecule has 2 rings (SSSR count). The van der Waals surface area contributed by atoms with Crippen LogP contribution in [0.5, 0.6) is 5.75 Å². The zero-order valence-electron chi connectivity index (χ0n) is 11.8. The van der Waals surface area contributed by atoms with E-state index in [0.717, 1.165) is 30.1 Å². The van der Waals surface area contributed by atoms with Gasteiger partial charge in [0.1, 0.15) is 5.75 Å². The Balaban J connectivity index is 2.16. The fourth-order valence-electron chi connectivity index (χ4n) is 2.10. The summed E-state index contributed by atoms with van der Waals surface area (Å²) >= 11 is 0. The number of hydrogen-bond donors (Lipinski definition) is 1. The lowest BCUT2D eigenvalue weighted by molar-refractivity contribution is 0.413. The SMILES string of the molecule is CCC(N)c1ccn(Cc2cc(OC)cc(C)n2)c1. The van der Waals surface area contributed by atoms with Crippen LogP contribution in [0.1, 0.15) is 36.3 Å². The maximum Gasteiger partial charge on any atom is 0.122 e. The van der Waals surface area contributed by atoms with Crippen LogP contribution < -0.4 is 10.5 Å². The zero-order chi connectivity index (χ0) is 13.8. The molecule has 0 radical (unpaired) electrons. The minimum atomic E-state index is 0.112. The van der Waals surface area contributed by atoms with Crippen LogP contribution in [0.25, 0.3) is 0 Å². The van der Waals surface area contributed by atoms with E-state index >= 15 is 0 Å². The van der Waals surface area contributed by atoms with E-state index < -0.39 is 0 Å². The average Bonchev–Trinajstić information content (AvgIpc) is 2.85. The smallest absolute Gasteiger partial charge is 0.122 e. The van der Waals surface area contributed by atoms with E-state index in [1.807, 2.05) is 25.3 Å². The van der Waals surface area contributed by atoms with E-state index in [-0.39, 0.29) is 6.04 Å². The molecule has 102 valence electrons. The lowest BCUT2D eigenvalue weighted by atomic mass is 10.1. The van der Waals surface area contributed by atoms with Crippen molar-refractivity contribution in [2.24, 2.45) is 5.73 Å². The highest BCUT2D eigenvalue weighted by Crippen LogP contribution is 2.17. The van der Waals surface area contributed by atoms with Gasteiger partial charge in [-0.15, -0.1) is 0 Å². The number of rotatable bonds is 5. The normalized spacial score (nSPS) is 12.4. The van der Waals surface area contributed by atoms with Gasteiger partial charge in [-0.3, -0.25) is 4.98 Å². The molecule has 0 aliphatic carbocycles. The topological polar surface area (TPSA) is 53.1 Å². The van der Waals surface area contributed by atoms with E-state index in [9.17, 15) is 0 Å². The Morgan fingerprint density at radius 3 is 2.89 bits per heavy atom. The first-order valence-electron chi connectivity index (χ1n) is 6.55. The summed E-state index contributed by atoms with van der Waals surface area (Å²) in [7, 11) is 1.67. The summed E-state index contributed by atoms with van der Waals surface area (Å²) in [6.07, 6.45) is 5.08. The van der Waals surface area contributed by atoms with Crippen LogP contribution in [0.4, 0.5) is 0 Å². The number of ether oxygens (including phenoxy) is 1. The first-order chi connectivity index (χ1) is 9.12. The molecule has 1 unspecified atom stereocenters. The van der Waals surface area contributed by atoms with Crippen molar-refractivity contribution < 1.29 is 4.74 Å². The van der Waals surface area contributed by atoms with Crippen LogP contribution in [0.15, 0.2) is 30.6 Å². The van der Waals surface area contributed by atoms with Crippen molar-refractivity contribution >= 4 is 0 Å². The summed E-state index contributed by atoms with van der Waals surface area (Å²) < 4.78 is 7.37. The molecule has 2 aromatic rings. The largest absolute Gasteiger partial charge is 0.497 e. The summed E-state index contributed by atoms with van der Waals surface area (Å²) in [6, 6.07) is 6.08. The number of pyridine rings is 1. The molecule has 1 atom stereocenters. The Labute approximate surface area is 114 Å². The lowest BCUT2D eigenvalue weighted by Gasteiger charge is -2.08. The molecular formula is C15H21N3O. The third kappa shape index (κ3) is 3.35. The Morgan fingerprint density at radius 2 is 2.21 bits per heavy atom. The van der Waals surface area contributed by atoms with Gasteiger partial charge in [-0.25, -0.2) is 0 Å². The molecule has 2 N–H and O–H groups in total. The molecule has 0 spiro atoms. The summed E-state index contributed by atoms with van der Waals surface area (Å²) in [6.45, 7) is 4.80. The standard InChI is InChI=1S/C15H21N3O/c1-4-15(16)12-5-6-18(9-12)10-13-8-14(19-3)7-11(2)17-13/h5-9,15H,4,10,16H2,1-3H3. The second-order valence-corrected chi connectivity index (χ2v) is 4.77. The molecule has 0 aliphatic heterocycles. The molecular weight excluding hydrogens is 238 g/mol. The Bertz CT molecular complexity index is 548. The first kappa shape index (κ1) is 13.6. The van der Waals surface area contributed by atoms with Crippen LogP contribution in [0.3, 0.4) is 0 Å². The maximum atomic E-state index is 6.02. The van der Waals surface area contributed by atoms with Gasteiger partial charge in [0.25, 0.3) is 0 Å². The molecule has 4 heteroatoms. The van der Waals surface area contributed by atoms with E-state index in [1.54, 1.807) is 7.11 Å². The van der Waals surface area contributed by atoms with Crippen molar-refractivity contribution in [2.75, 3.05) is 7.11 Å². The minimum Gasteiger partial charge on any atom is -0.497 e. The third-order valence-electron chi connectivity index (χ3n) is 3.20. The van der Waals surface area contributed by atoms with Gasteiger partial charge in [0.2, 0.25) is 0 Å². The van der Waals surface area contributed by atoms with Gasteiger partial charge in [-0.2, -0.15) is 0 Å². The molecule has 0 aliphatic rings. The van der Waals surface area contributed by atoms with Crippen molar-refractivity contribution in [1.29, 1.82) is 0 Å². The lowest BCUT2D eigenvalue weighted by Crippen LogP contribution is -2.07. The van der Waals surface area contributed by atoms with Crippen molar-refractivity contribution in [3.63, 3.8) is 0 Å². The minimum absolute atomic E-state index is 0.112. The molecule has 0 amide bonds. The monoisotopic (exact) mass is 259 g/mol. The van der Waals surface area contributed by atoms with E-state index in [4.69, 9.17) is 10.5 Å². The Kier molecular flexibility index (Phi) is 4.22. The molecule has 0 bridgehead atoms. The van der Waals surface area contributed by atoms with Crippen molar-refractivity contribution in [3.05, 3.63) is 47.5 Å².